The Balaban J connectivity index is 2.73. The van der Waals surface area contributed by atoms with Gasteiger partial charge in [-0.25, -0.2) is 4.79 Å². The Labute approximate surface area is 123 Å². The summed E-state index contributed by atoms with van der Waals surface area (Å²) < 4.78 is 5.53. The van der Waals surface area contributed by atoms with Gasteiger partial charge < -0.3 is 20.3 Å². The second-order valence-electron chi connectivity index (χ2n) is 4.68. The Morgan fingerprint density at radius 2 is 1.95 bits per heavy atom. The minimum atomic E-state index is -1.01. The molecule has 0 heterocycles. The van der Waals surface area contributed by atoms with Crippen LogP contribution in [0.1, 0.15) is 32.6 Å². The van der Waals surface area contributed by atoms with Crippen molar-refractivity contribution in [2.24, 2.45) is 0 Å². The molecule has 6 heteroatoms. The third-order valence-electron chi connectivity index (χ3n) is 2.93. The molecule has 1 aromatic carbocycles. The lowest BCUT2D eigenvalue weighted by Gasteiger charge is -2.18. The number of ether oxygens (including phenoxy) is 1. The summed E-state index contributed by atoms with van der Waals surface area (Å²) in [5, 5.41) is 20.6. The largest absolute Gasteiger partial charge is 0.480 e. The van der Waals surface area contributed by atoms with Crippen LogP contribution in [0, 0.1) is 0 Å². The number of nitrogens with one attached hydrogen (secondary N) is 1. The minimum absolute atomic E-state index is 0.256. The molecule has 1 unspecified atom stereocenters. The quantitative estimate of drug-likeness (QED) is 0.574. The summed E-state index contributed by atoms with van der Waals surface area (Å²) in [6.07, 6.45) is 2.23. The van der Waals surface area contributed by atoms with Crippen LogP contribution in [0.3, 0.4) is 0 Å². The molecule has 0 amide bonds. The second kappa shape index (κ2) is 8.84. The molecule has 1 aromatic rings. The van der Waals surface area contributed by atoms with Crippen molar-refractivity contribution in [3.05, 3.63) is 24.3 Å². The number of hydrogen-bond donors (Lipinski definition) is 3. The molecule has 0 spiro atoms. The van der Waals surface area contributed by atoms with Crippen LogP contribution < -0.4 is 10.1 Å². The number of carboxylic acid groups (broad SMARTS) is 2. The van der Waals surface area contributed by atoms with Crippen LogP contribution in [-0.2, 0) is 9.59 Å². The first-order chi connectivity index (χ1) is 10.0. The maximum atomic E-state index is 11.2. The zero-order valence-corrected chi connectivity index (χ0v) is 12.0. The maximum Gasteiger partial charge on any atom is 0.344 e. The van der Waals surface area contributed by atoms with Gasteiger partial charge in [0.05, 0.1) is 5.69 Å². The lowest BCUT2D eigenvalue weighted by molar-refractivity contribution is -0.145. The van der Waals surface area contributed by atoms with E-state index in [1.807, 2.05) is 6.92 Å². The Morgan fingerprint density at radius 1 is 1.24 bits per heavy atom. The first-order valence-electron chi connectivity index (χ1n) is 6.98. The normalized spacial score (nSPS) is 11.7. The van der Waals surface area contributed by atoms with Crippen molar-refractivity contribution < 1.29 is 24.5 Å². The van der Waals surface area contributed by atoms with E-state index < -0.39 is 18.0 Å². The highest BCUT2D eigenvalue weighted by Gasteiger charge is 2.20. The van der Waals surface area contributed by atoms with Crippen LogP contribution in [0.5, 0.6) is 5.75 Å². The molecule has 0 radical (unpaired) electrons. The number of carbonyl (C=O) groups is 2. The zero-order valence-electron chi connectivity index (χ0n) is 12.0. The molecule has 21 heavy (non-hydrogen) atoms. The Morgan fingerprint density at radius 3 is 2.57 bits per heavy atom. The van der Waals surface area contributed by atoms with Gasteiger partial charge in [0.25, 0.3) is 0 Å². The Kier molecular flexibility index (Phi) is 7.08. The molecule has 0 aliphatic carbocycles. The molecule has 1 atom stereocenters. The highest BCUT2D eigenvalue weighted by molar-refractivity contribution is 5.75. The van der Waals surface area contributed by atoms with Crippen molar-refractivity contribution in [2.45, 2.75) is 38.7 Å². The highest BCUT2D eigenvalue weighted by atomic mass is 16.5. The minimum Gasteiger partial charge on any atom is -0.480 e. The number of aliphatic carboxylic acids is 2. The SMILES string of the molecule is CCCCCC(Oc1ccccc1NCC(=O)O)C(=O)O. The average Bonchev–Trinajstić information content (AvgIpc) is 2.45. The van der Waals surface area contributed by atoms with Crippen LogP contribution in [0.2, 0.25) is 0 Å². The number of carboxylic acids is 2. The molecular weight excluding hydrogens is 274 g/mol. The number of benzene rings is 1. The van der Waals surface area contributed by atoms with Crippen LogP contribution >= 0.6 is 0 Å². The van der Waals surface area contributed by atoms with E-state index in [2.05, 4.69) is 5.32 Å². The van der Waals surface area contributed by atoms with E-state index in [4.69, 9.17) is 9.84 Å². The van der Waals surface area contributed by atoms with Gasteiger partial charge in [0.2, 0.25) is 0 Å². The van der Waals surface area contributed by atoms with Crippen molar-refractivity contribution >= 4 is 17.6 Å². The number of hydrogen-bond acceptors (Lipinski definition) is 4. The third kappa shape index (κ3) is 6.16. The summed E-state index contributed by atoms with van der Waals surface area (Å²) in [6, 6.07) is 6.72. The van der Waals surface area contributed by atoms with Crippen molar-refractivity contribution in [3.63, 3.8) is 0 Å². The fourth-order valence-electron chi connectivity index (χ4n) is 1.85. The molecule has 0 aliphatic heterocycles. The Hall–Kier alpha value is -2.24. The summed E-state index contributed by atoms with van der Waals surface area (Å²) >= 11 is 0. The predicted octanol–water partition coefficient (Wildman–Crippen LogP) is 2.60. The summed E-state index contributed by atoms with van der Waals surface area (Å²) in [5.74, 6) is -1.66. The van der Waals surface area contributed by atoms with Gasteiger partial charge in [-0.1, -0.05) is 31.9 Å². The van der Waals surface area contributed by atoms with Crippen LogP contribution in [0.15, 0.2) is 24.3 Å². The van der Waals surface area contributed by atoms with E-state index in [1.54, 1.807) is 24.3 Å². The third-order valence-corrected chi connectivity index (χ3v) is 2.93. The van der Waals surface area contributed by atoms with Crippen molar-refractivity contribution in [3.8, 4) is 5.75 Å². The molecule has 0 aromatic heterocycles. The van der Waals surface area contributed by atoms with Crippen molar-refractivity contribution in [2.75, 3.05) is 11.9 Å². The number of rotatable bonds is 10. The summed E-state index contributed by atoms with van der Waals surface area (Å²) in [7, 11) is 0. The molecular formula is C15H21NO5. The van der Waals surface area contributed by atoms with Gasteiger partial charge in [-0.15, -0.1) is 0 Å². The zero-order chi connectivity index (χ0) is 15.7. The molecule has 0 aliphatic rings. The van der Waals surface area contributed by atoms with E-state index in [-0.39, 0.29) is 6.54 Å². The van der Waals surface area contributed by atoms with Gasteiger partial charge in [0.1, 0.15) is 12.3 Å². The van der Waals surface area contributed by atoms with Gasteiger partial charge in [0.15, 0.2) is 6.10 Å². The van der Waals surface area contributed by atoms with E-state index in [9.17, 15) is 14.7 Å². The average molecular weight is 295 g/mol. The van der Waals surface area contributed by atoms with Crippen LogP contribution in [0.4, 0.5) is 5.69 Å². The van der Waals surface area contributed by atoms with Gasteiger partial charge in [-0.05, 0) is 25.0 Å². The molecule has 3 N–H and O–H groups in total. The van der Waals surface area contributed by atoms with Gasteiger partial charge >= 0.3 is 11.9 Å². The monoisotopic (exact) mass is 295 g/mol. The topological polar surface area (TPSA) is 95.9 Å². The van der Waals surface area contributed by atoms with Gasteiger partial charge in [-0.3, -0.25) is 4.79 Å². The summed E-state index contributed by atoms with van der Waals surface area (Å²) in [5.41, 5.74) is 0.474. The molecule has 0 saturated carbocycles. The fourth-order valence-corrected chi connectivity index (χ4v) is 1.85. The van der Waals surface area contributed by atoms with E-state index in [0.717, 1.165) is 19.3 Å². The number of para-hydroxylation sites is 2. The second-order valence-corrected chi connectivity index (χ2v) is 4.68. The maximum absolute atomic E-state index is 11.2. The molecule has 1 rings (SSSR count). The number of anilines is 1. The first kappa shape index (κ1) is 16.8. The van der Waals surface area contributed by atoms with E-state index in [1.165, 1.54) is 0 Å². The molecule has 0 saturated heterocycles. The van der Waals surface area contributed by atoms with E-state index >= 15 is 0 Å². The smallest absolute Gasteiger partial charge is 0.344 e. The fraction of sp³-hybridized carbons (Fsp3) is 0.467. The van der Waals surface area contributed by atoms with Crippen LogP contribution in [0.25, 0.3) is 0 Å². The van der Waals surface area contributed by atoms with Crippen molar-refractivity contribution in [1.82, 2.24) is 0 Å². The molecule has 0 bridgehead atoms. The lowest BCUT2D eigenvalue weighted by Crippen LogP contribution is -2.27. The first-order valence-corrected chi connectivity index (χ1v) is 6.98. The van der Waals surface area contributed by atoms with Gasteiger partial charge in [0, 0.05) is 0 Å². The van der Waals surface area contributed by atoms with E-state index in [0.29, 0.717) is 17.9 Å². The van der Waals surface area contributed by atoms with Crippen LogP contribution in [-0.4, -0.2) is 34.8 Å². The van der Waals surface area contributed by atoms with Gasteiger partial charge in [-0.2, -0.15) is 0 Å². The number of unbranched alkanes of at least 4 members (excludes halogenated alkanes) is 2. The molecule has 6 nitrogen and oxygen atoms in total. The summed E-state index contributed by atoms with van der Waals surface area (Å²) in [6.45, 7) is 1.79. The lowest BCUT2D eigenvalue weighted by atomic mass is 10.1. The standard InChI is InChI=1S/C15H21NO5/c1-2-3-4-9-13(15(19)20)21-12-8-6-5-7-11(12)16-10-14(17)18/h5-8,13,16H,2-4,9-10H2,1H3,(H,17,18)(H,19,20). The Bertz CT molecular complexity index is 475. The van der Waals surface area contributed by atoms with Crippen molar-refractivity contribution in [1.29, 1.82) is 0 Å². The highest BCUT2D eigenvalue weighted by Crippen LogP contribution is 2.25. The predicted molar refractivity (Wildman–Crippen MR) is 78.8 cm³/mol. The molecule has 116 valence electrons. The summed E-state index contributed by atoms with van der Waals surface area (Å²) in [4.78, 5) is 21.8. The molecule has 0 fully saturated rings.